The normalized spacial score (nSPS) is 18.3. The van der Waals surface area contributed by atoms with Crippen LogP contribution in [0, 0.1) is 5.92 Å². The number of nitrogens with one attached hydrogen (secondary N) is 1. The van der Waals surface area contributed by atoms with E-state index in [-0.39, 0.29) is 5.56 Å². The molecule has 1 aromatic carbocycles. The highest BCUT2D eigenvalue weighted by molar-refractivity contribution is 9.10. The molecule has 2 aromatic rings. The Labute approximate surface area is 157 Å². The smallest absolute Gasteiger partial charge is 0.282 e. The van der Waals surface area contributed by atoms with Crippen LogP contribution in [-0.2, 0) is 20.1 Å². The van der Waals surface area contributed by atoms with E-state index in [2.05, 4.69) is 62.4 Å². The van der Waals surface area contributed by atoms with Crippen LogP contribution in [0.1, 0.15) is 30.9 Å². The van der Waals surface area contributed by atoms with Crippen molar-refractivity contribution < 1.29 is 0 Å². The third-order valence-corrected chi connectivity index (χ3v) is 5.57. The van der Waals surface area contributed by atoms with Gasteiger partial charge >= 0.3 is 0 Å². The number of aromatic nitrogens is 2. The maximum atomic E-state index is 12.0. The van der Waals surface area contributed by atoms with E-state index in [1.165, 1.54) is 41.7 Å². The van der Waals surface area contributed by atoms with Gasteiger partial charge in [0.1, 0.15) is 4.47 Å². The van der Waals surface area contributed by atoms with Crippen LogP contribution in [0.25, 0.3) is 0 Å². The zero-order valence-corrected chi connectivity index (χ0v) is 16.4. The average Bonchev–Trinajstić information content (AvgIpc) is 2.60. The Kier molecular flexibility index (Phi) is 5.91. The van der Waals surface area contributed by atoms with Gasteiger partial charge in [-0.2, -0.15) is 5.10 Å². The summed E-state index contributed by atoms with van der Waals surface area (Å²) in [5.41, 5.74) is 3.19. The number of piperidine rings is 1. The summed E-state index contributed by atoms with van der Waals surface area (Å²) in [7, 11) is 1.64. The summed E-state index contributed by atoms with van der Waals surface area (Å²) < 4.78 is 1.84. The summed E-state index contributed by atoms with van der Waals surface area (Å²) in [5, 5.41) is 7.42. The molecule has 0 saturated carbocycles. The lowest BCUT2D eigenvalue weighted by Gasteiger charge is -2.31. The zero-order chi connectivity index (χ0) is 17.8. The van der Waals surface area contributed by atoms with E-state index >= 15 is 0 Å². The molecule has 2 heterocycles. The fourth-order valence-corrected chi connectivity index (χ4v) is 3.88. The third-order valence-electron chi connectivity index (χ3n) is 4.80. The van der Waals surface area contributed by atoms with Gasteiger partial charge < -0.3 is 5.32 Å². The van der Waals surface area contributed by atoms with Crippen molar-refractivity contribution in [1.29, 1.82) is 0 Å². The SMILES string of the molecule is CC1CCCN(Cc2ccccc2CNc2cnn(C)c(=O)c2Br)C1. The number of hydrogen-bond acceptors (Lipinski definition) is 4. The quantitative estimate of drug-likeness (QED) is 0.829. The number of anilines is 1. The van der Waals surface area contributed by atoms with Crippen LogP contribution in [0.2, 0.25) is 0 Å². The van der Waals surface area contributed by atoms with E-state index in [9.17, 15) is 4.79 Å². The van der Waals surface area contributed by atoms with Gasteiger partial charge in [-0.1, -0.05) is 31.2 Å². The Morgan fingerprint density at radius 3 is 2.84 bits per heavy atom. The molecule has 0 bridgehead atoms. The second-order valence-electron chi connectivity index (χ2n) is 6.91. The van der Waals surface area contributed by atoms with Crippen molar-refractivity contribution in [3.05, 3.63) is 56.4 Å². The lowest BCUT2D eigenvalue weighted by Crippen LogP contribution is -2.34. The molecule has 1 aliphatic heterocycles. The summed E-state index contributed by atoms with van der Waals surface area (Å²) in [5.74, 6) is 0.779. The number of halogens is 1. The summed E-state index contributed by atoms with van der Waals surface area (Å²) in [6.07, 6.45) is 4.30. The molecule has 25 heavy (non-hydrogen) atoms. The monoisotopic (exact) mass is 404 g/mol. The molecule has 1 atom stereocenters. The second kappa shape index (κ2) is 8.15. The summed E-state index contributed by atoms with van der Waals surface area (Å²) in [4.78, 5) is 14.5. The molecule has 134 valence electrons. The minimum Gasteiger partial charge on any atom is -0.379 e. The molecule has 1 aliphatic rings. The molecule has 0 spiro atoms. The molecule has 5 nitrogen and oxygen atoms in total. The molecule has 0 radical (unpaired) electrons. The Hall–Kier alpha value is -1.66. The zero-order valence-electron chi connectivity index (χ0n) is 14.8. The Bertz CT molecular complexity index is 789. The second-order valence-corrected chi connectivity index (χ2v) is 7.70. The summed E-state index contributed by atoms with van der Waals surface area (Å²) in [6.45, 7) is 6.34. The Morgan fingerprint density at radius 2 is 2.08 bits per heavy atom. The summed E-state index contributed by atoms with van der Waals surface area (Å²) in [6, 6.07) is 8.52. The van der Waals surface area contributed by atoms with E-state index in [0.29, 0.717) is 11.0 Å². The molecule has 6 heteroatoms. The Morgan fingerprint density at radius 1 is 1.32 bits per heavy atom. The molecule has 1 fully saturated rings. The van der Waals surface area contributed by atoms with Crippen molar-refractivity contribution in [3.8, 4) is 0 Å². The van der Waals surface area contributed by atoms with Crippen LogP contribution in [0.15, 0.2) is 39.7 Å². The molecule has 3 rings (SSSR count). The molecule has 1 saturated heterocycles. The lowest BCUT2D eigenvalue weighted by atomic mass is 9.99. The van der Waals surface area contributed by atoms with Gasteiger partial charge in [0.25, 0.3) is 5.56 Å². The first kappa shape index (κ1) is 18.1. The molecule has 1 unspecified atom stereocenters. The molecule has 0 amide bonds. The maximum absolute atomic E-state index is 12.0. The number of hydrogen-bond donors (Lipinski definition) is 1. The van der Waals surface area contributed by atoms with Crippen LogP contribution in [0.3, 0.4) is 0 Å². The minimum absolute atomic E-state index is 0.138. The highest BCUT2D eigenvalue weighted by atomic mass is 79.9. The van der Waals surface area contributed by atoms with Crippen molar-refractivity contribution in [1.82, 2.24) is 14.7 Å². The minimum atomic E-state index is -0.138. The highest BCUT2D eigenvalue weighted by Gasteiger charge is 2.17. The van der Waals surface area contributed by atoms with E-state index in [0.717, 1.165) is 18.2 Å². The topological polar surface area (TPSA) is 50.2 Å². The van der Waals surface area contributed by atoms with Crippen LogP contribution in [0.5, 0.6) is 0 Å². The van der Waals surface area contributed by atoms with Crippen molar-refractivity contribution in [2.75, 3.05) is 18.4 Å². The van der Waals surface area contributed by atoms with E-state index < -0.39 is 0 Å². The Balaban J connectivity index is 1.71. The van der Waals surface area contributed by atoms with Crippen molar-refractivity contribution in [2.45, 2.75) is 32.9 Å². The highest BCUT2D eigenvalue weighted by Crippen LogP contribution is 2.21. The number of rotatable bonds is 5. The van der Waals surface area contributed by atoms with Crippen molar-refractivity contribution >= 4 is 21.6 Å². The van der Waals surface area contributed by atoms with Gasteiger partial charge in [-0.3, -0.25) is 9.69 Å². The number of nitrogens with zero attached hydrogens (tertiary/aromatic N) is 3. The van der Waals surface area contributed by atoms with Gasteiger partial charge in [-0.15, -0.1) is 0 Å². The first-order valence-electron chi connectivity index (χ1n) is 8.79. The fraction of sp³-hybridized carbons (Fsp3) is 0.474. The van der Waals surface area contributed by atoms with Crippen LogP contribution < -0.4 is 10.9 Å². The predicted molar refractivity (Wildman–Crippen MR) is 105 cm³/mol. The third kappa shape index (κ3) is 4.50. The largest absolute Gasteiger partial charge is 0.379 e. The van der Waals surface area contributed by atoms with Crippen molar-refractivity contribution in [2.24, 2.45) is 13.0 Å². The first-order chi connectivity index (χ1) is 12.0. The number of aryl methyl sites for hydroxylation is 1. The lowest BCUT2D eigenvalue weighted by molar-refractivity contribution is 0.176. The van der Waals surface area contributed by atoms with Crippen LogP contribution in [0.4, 0.5) is 5.69 Å². The average molecular weight is 405 g/mol. The van der Waals surface area contributed by atoms with Gasteiger partial charge in [-0.25, -0.2) is 4.68 Å². The predicted octanol–water partition coefficient (Wildman–Crippen LogP) is 3.39. The molecule has 1 N–H and O–H groups in total. The van der Waals surface area contributed by atoms with Gasteiger partial charge in [0.2, 0.25) is 0 Å². The van der Waals surface area contributed by atoms with E-state index in [4.69, 9.17) is 0 Å². The standard InChI is InChI=1S/C19H25BrN4O/c1-14-6-5-9-24(12-14)13-16-8-4-3-7-15(16)10-21-17-11-22-23(2)19(25)18(17)20/h3-4,7-8,11,14,21H,5-6,9-10,12-13H2,1-2H3. The molecule has 1 aromatic heterocycles. The van der Waals surface area contributed by atoms with Crippen molar-refractivity contribution in [3.63, 3.8) is 0 Å². The van der Waals surface area contributed by atoms with Gasteiger partial charge in [0.05, 0.1) is 11.9 Å². The fourth-order valence-electron chi connectivity index (χ4n) is 3.38. The molecular weight excluding hydrogens is 380 g/mol. The van der Waals surface area contributed by atoms with Crippen LogP contribution >= 0.6 is 15.9 Å². The summed E-state index contributed by atoms with van der Waals surface area (Å²) >= 11 is 3.37. The van der Waals surface area contributed by atoms with Crippen LogP contribution in [-0.4, -0.2) is 27.8 Å². The number of likely N-dealkylation sites (tertiary alicyclic amines) is 1. The van der Waals surface area contributed by atoms with Gasteiger partial charge in [-0.05, 0) is 52.4 Å². The first-order valence-corrected chi connectivity index (χ1v) is 9.58. The van der Waals surface area contributed by atoms with Gasteiger partial charge in [0.15, 0.2) is 0 Å². The van der Waals surface area contributed by atoms with E-state index in [1.54, 1.807) is 13.2 Å². The number of benzene rings is 1. The van der Waals surface area contributed by atoms with Gasteiger partial charge in [0, 0.05) is 26.7 Å². The van der Waals surface area contributed by atoms with E-state index in [1.807, 2.05) is 0 Å². The molecule has 0 aliphatic carbocycles. The molecular formula is C19H25BrN4O. The maximum Gasteiger partial charge on any atom is 0.282 e.